The van der Waals surface area contributed by atoms with E-state index in [0.29, 0.717) is 0 Å². The van der Waals surface area contributed by atoms with E-state index < -0.39 is 0 Å². The number of hydrogen-bond donors (Lipinski definition) is 0. The lowest BCUT2D eigenvalue weighted by Crippen LogP contribution is -2.26. The monoisotopic (exact) mass is 511 g/mol. The second-order valence-corrected chi connectivity index (χ2v) is 9.75. The first-order valence-electron chi connectivity index (χ1n) is 13.8. The summed E-state index contributed by atoms with van der Waals surface area (Å²) < 4.78 is 13.4. The molecule has 0 aliphatic rings. The van der Waals surface area contributed by atoms with Gasteiger partial charge in [0.05, 0.1) is 25.6 Å². The van der Waals surface area contributed by atoms with Gasteiger partial charge in [-0.05, 0) is 61.3 Å². The van der Waals surface area contributed by atoms with Crippen molar-refractivity contribution in [3.8, 4) is 34.1 Å². The highest BCUT2D eigenvalue weighted by Gasteiger charge is 2.22. The Hall–Kier alpha value is -3.57. The molecule has 0 spiro atoms. The summed E-state index contributed by atoms with van der Waals surface area (Å²) in [7, 11) is 3.43. The Labute approximate surface area is 228 Å². The molecule has 0 bridgehead atoms. The first kappa shape index (κ1) is 27.5. The van der Waals surface area contributed by atoms with E-state index in [1.807, 2.05) is 18.2 Å². The van der Waals surface area contributed by atoms with E-state index in [0.717, 1.165) is 86.0 Å². The van der Waals surface area contributed by atoms with Crippen LogP contribution in [0.1, 0.15) is 50.8 Å². The second kappa shape index (κ2) is 13.8. The van der Waals surface area contributed by atoms with Gasteiger partial charge in [-0.3, -0.25) is 4.90 Å². The Morgan fingerprint density at radius 3 is 2.16 bits per heavy atom. The van der Waals surface area contributed by atoms with Crippen molar-refractivity contribution in [1.29, 1.82) is 0 Å². The summed E-state index contributed by atoms with van der Waals surface area (Å²) in [6, 6.07) is 27.3. The zero-order chi connectivity index (χ0) is 26.7. The summed E-state index contributed by atoms with van der Waals surface area (Å²) >= 11 is 0. The van der Waals surface area contributed by atoms with Crippen molar-refractivity contribution < 1.29 is 9.47 Å². The van der Waals surface area contributed by atoms with Gasteiger partial charge in [-0.25, -0.2) is 4.98 Å². The molecule has 0 N–H and O–H groups in total. The molecule has 0 saturated carbocycles. The molecule has 0 unspecified atom stereocenters. The van der Waals surface area contributed by atoms with Crippen LogP contribution in [-0.2, 0) is 19.6 Å². The van der Waals surface area contributed by atoms with Gasteiger partial charge in [-0.1, -0.05) is 69.2 Å². The van der Waals surface area contributed by atoms with Crippen LogP contribution in [0.3, 0.4) is 0 Å². The lowest BCUT2D eigenvalue weighted by atomic mass is 10.1. The van der Waals surface area contributed by atoms with Gasteiger partial charge in [0.1, 0.15) is 17.3 Å². The van der Waals surface area contributed by atoms with Crippen LogP contribution in [0, 0.1) is 0 Å². The van der Waals surface area contributed by atoms with Gasteiger partial charge >= 0.3 is 0 Å². The molecule has 5 heteroatoms. The van der Waals surface area contributed by atoms with Crippen LogP contribution in [0.5, 0.6) is 11.5 Å². The van der Waals surface area contributed by atoms with E-state index in [1.54, 1.807) is 14.2 Å². The molecule has 0 atom stereocenters. The van der Waals surface area contributed by atoms with Crippen molar-refractivity contribution in [1.82, 2.24) is 14.5 Å². The van der Waals surface area contributed by atoms with E-state index in [1.165, 1.54) is 11.3 Å². The molecule has 4 rings (SSSR count). The predicted octanol–water partition coefficient (Wildman–Crippen LogP) is 7.84. The van der Waals surface area contributed by atoms with E-state index >= 15 is 0 Å². The van der Waals surface area contributed by atoms with Crippen molar-refractivity contribution in [3.05, 3.63) is 90.1 Å². The van der Waals surface area contributed by atoms with Gasteiger partial charge in [0.2, 0.25) is 0 Å². The van der Waals surface area contributed by atoms with E-state index in [9.17, 15) is 0 Å². The smallest absolute Gasteiger partial charge is 0.140 e. The number of aromatic nitrogens is 2. The van der Waals surface area contributed by atoms with Crippen LogP contribution >= 0.6 is 0 Å². The van der Waals surface area contributed by atoms with E-state index in [4.69, 9.17) is 14.5 Å². The number of hydrogen-bond acceptors (Lipinski definition) is 4. The van der Waals surface area contributed by atoms with Gasteiger partial charge in [0.15, 0.2) is 0 Å². The summed E-state index contributed by atoms with van der Waals surface area (Å²) in [5, 5.41) is 0. The molecule has 200 valence electrons. The lowest BCUT2D eigenvalue weighted by molar-refractivity contribution is 0.246. The summed E-state index contributed by atoms with van der Waals surface area (Å²) in [5.41, 5.74) is 5.84. The fraction of sp³-hybridized carbons (Fsp3) is 0.364. The van der Waals surface area contributed by atoms with Crippen LogP contribution < -0.4 is 9.47 Å². The average Bonchev–Trinajstić information content (AvgIpc) is 3.33. The van der Waals surface area contributed by atoms with Crippen molar-refractivity contribution in [2.45, 2.75) is 59.2 Å². The fourth-order valence-electron chi connectivity index (χ4n) is 4.83. The number of ether oxygens (including phenoxy) is 2. The summed E-state index contributed by atoms with van der Waals surface area (Å²) in [4.78, 5) is 7.86. The molecule has 0 saturated heterocycles. The molecule has 0 aliphatic carbocycles. The number of unbranched alkanes of at least 4 members (excludes halogenated alkanes) is 2. The maximum absolute atomic E-state index is 5.50. The molecule has 0 fully saturated rings. The SMILES string of the molecule is CCCCN(Cc1cccc(OC)c1)Cc1c(-c2ccc(OC)cc2)nc(-c2ccccc2)n1CCCC. The zero-order valence-corrected chi connectivity index (χ0v) is 23.3. The topological polar surface area (TPSA) is 39.5 Å². The van der Waals surface area contributed by atoms with Gasteiger partial charge in [-0.2, -0.15) is 0 Å². The lowest BCUT2D eigenvalue weighted by Gasteiger charge is -2.24. The molecule has 4 aromatic rings. The first-order chi connectivity index (χ1) is 18.7. The van der Waals surface area contributed by atoms with E-state index in [2.05, 4.69) is 84.0 Å². The minimum absolute atomic E-state index is 0.822. The molecule has 0 aliphatic heterocycles. The standard InChI is InChI=1S/C33H41N3O2/c1-5-7-21-35(24-26-13-12-16-30(23-26)38-4)25-31-32(27-17-19-29(37-3)20-18-27)34-33(36(31)22-8-6-2)28-14-10-9-11-15-28/h9-20,23H,5-8,21-22,24-25H2,1-4H3. The molecule has 3 aromatic carbocycles. The van der Waals surface area contributed by atoms with Gasteiger partial charge < -0.3 is 14.0 Å². The van der Waals surface area contributed by atoms with Crippen molar-refractivity contribution >= 4 is 0 Å². The third-order valence-electron chi connectivity index (χ3n) is 6.94. The largest absolute Gasteiger partial charge is 0.497 e. The Kier molecular flexibility index (Phi) is 9.99. The average molecular weight is 512 g/mol. The Bertz CT molecular complexity index is 1270. The molecule has 1 heterocycles. The van der Waals surface area contributed by atoms with Crippen LogP contribution in [0.4, 0.5) is 0 Å². The van der Waals surface area contributed by atoms with Gasteiger partial charge in [0.25, 0.3) is 0 Å². The molecule has 5 nitrogen and oxygen atoms in total. The molecular formula is C33H41N3O2. The molecule has 38 heavy (non-hydrogen) atoms. The highest BCUT2D eigenvalue weighted by Crippen LogP contribution is 2.32. The number of benzene rings is 3. The quantitative estimate of drug-likeness (QED) is 0.173. The Balaban J connectivity index is 1.80. The third kappa shape index (κ3) is 6.84. The summed E-state index contributed by atoms with van der Waals surface area (Å²) in [5.74, 6) is 2.79. The highest BCUT2D eigenvalue weighted by atomic mass is 16.5. The number of nitrogens with zero attached hydrogens (tertiary/aromatic N) is 3. The minimum Gasteiger partial charge on any atom is -0.497 e. The minimum atomic E-state index is 0.822. The fourth-order valence-corrected chi connectivity index (χ4v) is 4.83. The van der Waals surface area contributed by atoms with E-state index in [-0.39, 0.29) is 0 Å². The van der Waals surface area contributed by atoms with Crippen LogP contribution in [0.25, 0.3) is 22.6 Å². The Morgan fingerprint density at radius 1 is 0.737 bits per heavy atom. The normalized spacial score (nSPS) is 11.2. The third-order valence-corrected chi connectivity index (χ3v) is 6.94. The van der Waals surface area contributed by atoms with Crippen LogP contribution in [-0.4, -0.2) is 35.2 Å². The summed E-state index contributed by atoms with van der Waals surface area (Å²) in [6.45, 7) is 8.15. The van der Waals surface area contributed by atoms with Crippen LogP contribution in [0.2, 0.25) is 0 Å². The number of imidazole rings is 1. The molecule has 1 aromatic heterocycles. The molecule has 0 amide bonds. The Morgan fingerprint density at radius 2 is 1.47 bits per heavy atom. The van der Waals surface area contributed by atoms with Gasteiger partial charge in [-0.15, -0.1) is 0 Å². The number of methoxy groups -OCH3 is 2. The first-order valence-corrected chi connectivity index (χ1v) is 13.8. The summed E-state index contributed by atoms with van der Waals surface area (Å²) in [6.07, 6.45) is 4.55. The van der Waals surface area contributed by atoms with Crippen molar-refractivity contribution in [3.63, 3.8) is 0 Å². The van der Waals surface area contributed by atoms with Gasteiger partial charge in [0, 0.05) is 30.8 Å². The maximum Gasteiger partial charge on any atom is 0.140 e. The second-order valence-electron chi connectivity index (χ2n) is 9.75. The molecular weight excluding hydrogens is 470 g/mol. The zero-order valence-electron chi connectivity index (χ0n) is 23.3. The van der Waals surface area contributed by atoms with Crippen molar-refractivity contribution in [2.75, 3.05) is 20.8 Å². The number of rotatable bonds is 14. The van der Waals surface area contributed by atoms with Crippen LogP contribution in [0.15, 0.2) is 78.9 Å². The predicted molar refractivity (Wildman–Crippen MR) is 157 cm³/mol. The van der Waals surface area contributed by atoms with Crippen molar-refractivity contribution in [2.24, 2.45) is 0 Å². The maximum atomic E-state index is 5.50. The highest BCUT2D eigenvalue weighted by molar-refractivity contribution is 5.69. The molecule has 0 radical (unpaired) electrons.